The lowest BCUT2D eigenvalue weighted by Crippen LogP contribution is -2.32. The third kappa shape index (κ3) is 5.93. The number of aryl methyl sites for hydroxylation is 1. The summed E-state index contributed by atoms with van der Waals surface area (Å²) in [7, 11) is 0. The molecule has 7 heteroatoms. The van der Waals surface area contributed by atoms with Gasteiger partial charge in [-0.05, 0) is 59.7 Å². The summed E-state index contributed by atoms with van der Waals surface area (Å²) in [6.45, 7) is 6.41. The largest absolute Gasteiger partial charge is 0.494 e. The Kier molecular flexibility index (Phi) is 8.24. The highest BCUT2D eigenvalue weighted by Gasteiger charge is 2.29. The van der Waals surface area contributed by atoms with Crippen LogP contribution in [0.4, 0.5) is 4.39 Å². The number of ether oxygens (including phenoxy) is 1. The molecule has 3 aromatic rings. The Morgan fingerprint density at radius 1 is 1.09 bits per heavy atom. The lowest BCUT2D eigenvalue weighted by Gasteiger charge is -2.33. The standard InChI is InChI=1S/C28H34ClFN2O3/c1-3-19(4-2)17-31(25-9-6-21-16-22(29)7-8-23(21)25)18-20-5-10-26(24(30)15-20)35-14-13-32-27(33)11-12-28(32)34/h5,7-8,10-12,15-16,19,25,33-34H,3-4,6,9,13-14,17-18H2,1-2H3. The fourth-order valence-electron chi connectivity index (χ4n) is 5.04. The van der Waals surface area contributed by atoms with E-state index in [2.05, 4.69) is 30.9 Å². The van der Waals surface area contributed by atoms with Crippen LogP contribution in [0.2, 0.25) is 5.02 Å². The van der Waals surface area contributed by atoms with Crippen LogP contribution in [0.25, 0.3) is 0 Å². The van der Waals surface area contributed by atoms with E-state index >= 15 is 0 Å². The molecule has 4 rings (SSSR count). The van der Waals surface area contributed by atoms with Crippen LogP contribution in [0.3, 0.4) is 0 Å². The van der Waals surface area contributed by atoms with Gasteiger partial charge in [0, 0.05) is 36.3 Å². The summed E-state index contributed by atoms with van der Waals surface area (Å²) in [5.74, 6) is 0.211. The molecule has 35 heavy (non-hydrogen) atoms. The van der Waals surface area contributed by atoms with Crippen LogP contribution in [0.5, 0.6) is 17.5 Å². The lowest BCUT2D eigenvalue weighted by molar-refractivity contribution is 0.153. The molecule has 1 atom stereocenters. The monoisotopic (exact) mass is 500 g/mol. The minimum Gasteiger partial charge on any atom is -0.494 e. The molecular formula is C28H34ClFN2O3. The summed E-state index contributed by atoms with van der Waals surface area (Å²) in [6, 6.07) is 14.4. The highest BCUT2D eigenvalue weighted by Crippen LogP contribution is 2.38. The van der Waals surface area contributed by atoms with E-state index in [1.807, 2.05) is 12.1 Å². The number of benzene rings is 2. The average Bonchev–Trinajstić information content (AvgIpc) is 3.40. The van der Waals surface area contributed by atoms with E-state index in [-0.39, 0.29) is 30.7 Å². The first-order valence-electron chi connectivity index (χ1n) is 12.4. The minimum atomic E-state index is -0.412. The van der Waals surface area contributed by atoms with Gasteiger partial charge in [-0.3, -0.25) is 9.47 Å². The molecule has 0 saturated carbocycles. The maximum atomic E-state index is 14.9. The Hall–Kier alpha value is -2.70. The van der Waals surface area contributed by atoms with E-state index in [9.17, 15) is 14.6 Å². The van der Waals surface area contributed by atoms with Gasteiger partial charge in [0.25, 0.3) is 0 Å². The predicted octanol–water partition coefficient (Wildman–Crippen LogP) is 6.70. The van der Waals surface area contributed by atoms with Crippen molar-refractivity contribution in [3.05, 3.63) is 76.1 Å². The molecule has 0 radical (unpaired) electrons. The van der Waals surface area contributed by atoms with Gasteiger partial charge in [0.2, 0.25) is 0 Å². The maximum absolute atomic E-state index is 14.9. The van der Waals surface area contributed by atoms with E-state index in [1.54, 1.807) is 12.1 Å². The van der Waals surface area contributed by atoms with E-state index in [0.717, 1.165) is 42.8 Å². The highest BCUT2D eigenvalue weighted by atomic mass is 35.5. The third-order valence-electron chi connectivity index (χ3n) is 7.13. The van der Waals surface area contributed by atoms with Crippen LogP contribution in [-0.2, 0) is 19.5 Å². The second-order valence-electron chi connectivity index (χ2n) is 9.32. The van der Waals surface area contributed by atoms with Gasteiger partial charge in [-0.1, -0.05) is 50.4 Å². The SMILES string of the molecule is CCC(CC)CN(Cc1ccc(OCCn2c(O)ccc2O)c(F)c1)C1CCc2cc(Cl)ccc21. The van der Waals surface area contributed by atoms with Gasteiger partial charge in [0.15, 0.2) is 23.3 Å². The van der Waals surface area contributed by atoms with E-state index in [1.165, 1.54) is 27.8 Å². The van der Waals surface area contributed by atoms with E-state index in [0.29, 0.717) is 18.5 Å². The number of fused-ring (bicyclic) bond motifs is 1. The summed E-state index contributed by atoms with van der Waals surface area (Å²) >= 11 is 6.23. The molecule has 188 valence electrons. The van der Waals surface area contributed by atoms with Crippen molar-refractivity contribution in [2.75, 3.05) is 13.2 Å². The zero-order valence-corrected chi connectivity index (χ0v) is 21.1. The molecule has 0 spiro atoms. The second-order valence-corrected chi connectivity index (χ2v) is 9.76. The summed E-state index contributed by atoms with van der Waals surface area (Å²) in [6.07, 6.45) is 4.27. The molecule has 2 aromatic carbocycles. The van der Waals surface area contributed by atoms with Crippen LogP contribution >= 0.6 is 11.6 Å². The summed E-state index contributed by atoms with van der Waals surface area (Å²) < 4.78 is 21.8. The number of hydrogen-bond donors (Lipinski definition) is 2. The predicted molar refractivity (Wildman–Crippen MR) is 137 cm³/mol. The molecule has 2 N–H and O–H groups in total. The molecule has 1 heterocycles. The van der Waals surface area contributed by atoms with Gasteiger partial charge >= 0.3 is 0 Å². The number of halogens is 2. The first kappa shape index (κ1) is 25.4. The Labute approximate surface area is 211 Å². The lowest BCUT2D eigenvalue weighted by atomic mass is 9.99. The van der Waals surface area contributed by atoms with Gasteiger partial charge in [-0.2, -0.15) is 0 Å². The minimum absolute atomic E-state index is 0.0600. The van der Waals surface area contributed by atoms with Gasteiger partial charge in [0.05, 0.1) is 6.54 Å². The van der Waals surface area contributed by atoms with Crippen molar-refractivity contribution in [2.45, 2.75) is 58.7 Å². The first-order valence-corrected chi connectivity index (χ1v) is 12.8. The van der Waals surface area contributed by atoms with Crippen LogP contribution in [-0.4, -0.2) is 32.8 Å². The van der Waals surface area contributed by atoms with E-state index in [4.69, 9.17) is 16.3 Å². The van der Waals surface area contributed by atoms with Crippen molar-refractivity contribution >= 4 is 11.6 Å². The summed E-state index contributed by atoms with van der Waals surface area (Å²) in [5.41, 5.74) is 3.55. The van der Waals surface area contributed by atoms with Crippen molar-refractivity contribution in [2.24, 2.45) is 5.92 Å². The molecule has 1 aliphatic rings. The maximum Gasteiger partial charge on any atom is 0.193 e. The molecule has 5 nitrogen and oxygen atoms in total. The second kappa shape index (κ2) is 11.4. The van der Waals surface area contributed by atoms with Crippen molar-refractivity contribution in [1.29, 1.82) is 0 Å². The van der Waals surface area contributed by atoms with Gasteiger partial charge in [-0.25, -0.2) is 4.39 Å². The normalized spacial score (nSPS) is 15.2. The van der Waals surface area contributed by atoms with Crippen LogP contribution in [0.1, 0.15) is 55.8 Å². The topological polar surface area (TPSA) is 57.9 Å². The molecule has 0 saturated heterocycles. The number of rotatable bonds is 11. The van der Waals surface area contributed by atoms with Crippen molar-refractivity contribution in [1.82, 2.24) is 9.47 Å². The molecule has 1 unspecified atom stereocenters. The van der Waals surface area contributed by atoms with Crippen LogP contribution < -0.4 is 4.74 Å². The Balaban J connectivity index is 1.46. The third-order valence-corrected chi connectivity index (χ3v) is 7.36. The summed E-state index contributed by atoms with van der Waals surface area (Å²) in [4.78, 5) is 2.49. The number of aromatic nitrogens is 1. The summed E-state index contributed by atoms with van der Waals surface area (Å²) in [5, 5.41) is 20.2. The smallest absolute Gasteiger partial charge is 0.193 e. The molecule has 1 aliphatic carbocycles. The number of nitrogens with zero attached hydrogens (tertiary/aromatic N) is 2. The molecule has 1 aromatic heterocycles. The molecule has 0 amide bonds. The Morgan fingerprint density at radius 3 is 2.51 bits per heavy atom. The molecule has 0 bridgehead atoms. The Morgan fingerprint density at radius 2 is 1.83 bits per heavy atom. The Bertz CT molecular complexity index is 1130. The van der Waals surface area contributed by atoms with Crippen molar-refractivity contribution in [3.63, 3.8) is 0 Å². The van der Waals surface area contributed by atoms with Crippen LogP contribution in [0.15, 0.2) is 48.5 Å². The van der Waals surface area contributed by atoms with Crippen molar-refractivity contribution < 1.29 is 19.3 Å². The zero-order chi connectivity index (χ0) is 24.9. The van der Waals surface area contributed by atoms with Crippen molar-refractivity contribution in [3.8, 4) is 17.5 Å². The highest BCUT2D eigenvalue weighted by molar-refractivity contribution is 6.30. The fourth-order valence-corrected chi connectivity index (χ4v) is 5.23. The van der Waals surface area contributed by atoms with Gasteiger partial charge in [0.1, 0.15) is 6.61 Å². The first-order chi connectivity index (χ1) is 16.9. The molecular weight excluding hydrogens is 467 g/mol. The van der Waals surface area contributed by atoms with Gasteiger partial charge in [-0.15, -0.1) is 0 Å². The fraction of sp³-hybridized carbons (Fsp3) is 0.429. The van der Waals surface area contributed by atoms with Crippen LogP contribution in [0, 0.1) is 11.7 Å². The van der Waals surface area contributed by atoms with Gasteiger partial charge < -0.3 is 14.9 Å². The van der Waals surface area contributed by atoms with E-state index < -0.39 is 5.82 Å². The quantitative estimate of drug-likeness (QED) is 0.307. The zero-order valence-electron chi connectivity index (χ0n) is 20.4. The number of aromatic hydroxyl groups is 2. The molecule has 0 fully saturated rings. The number of hydrogen-bond acceptors (Lipinski definition) is 4. The molecule has 0 aliphatic heterocycles. The average molecular weight is 501 g/mol.